The number of methoxy groups -OCH3 is 1. The summed E-state index contributed by atoms with van der Waals surface area (Å²) in [5, 5.41) is 0. The molecule has 0 saturated carbocycles. The van der Waals surface area contributed by atoms with Crippen molar-refractivity contribution in [2.75, 3.05) is 7.11 Å². The molecule has 1 heterocycles. The van der Waals surface area contributed by atoms with Gasteiger partial charge in [-0.3, -0.25) is 0 Å². The van der Waals surface area contributed by atoms with Crippen LogP contribution < -0.4 is 4.74 Å². The van der Waals surface area contributed by atoms with E-state index in [4.69, 9.17) is 9.15 Å². The maximum absolute atomic E-state index is 5.60. The van der Waals surface area contributed by atoms with Crippen molar-refractivity contribution in [1.29, 1.82) is 0 Å². The lowest BCUT2D eigenvalue weighted by atomic mass is 10.0. The number of hydrogen-bond acceptors (Lipinski definition) is 2. The third-order valence-electron chi connectivity index (χ3n) is 3.14. The summed E-state index contributed by atoms with van der Waals surface area (Å²) >= 11 is 7.32. The van der Waals surface area contributed by atoms with Gasteiger partial charge in [0.05, 0.1) is 11.9 Å². The number of hydrogen-bond donors (Lipinski definition) is 0. The number of benzene rings is 1. The Morgan fingerprint density at radius 1 is 1.11 bits per heavy atom. The van der Waals surface area contributed by atoms with Crippen LogP contribution in [0.1, 0.15) is 33.0 Å². The van der Waals surface area contributed by atoms with Crippen LogP contribution in [0.2, 0.25) is 0 Å². The largest absolute Gasteiger partial charge is 0.496 e. The summed E-state index contributed by atoms with van der Waals surface area (Å²) in [5.74, 6) is 2.72. The van der Waals surface area contributed by atoms with Crippen LogP contribution in [0, 0.1) is 20.8 Å². The molecule has 2 rings (SSSR count). The summed E-state index contributed by atoms with van der Waals surface area (Å²) in [6, 6.07) is 6.19. The molecule has 19 heavy (non-hydrogen) atoms. The highest BCUT2D eigenvalue weighted by molar-refractivity contribution is 9.10. The van der Waals surface area contributed by atoms with Crippen molar-refractivity contribution in [3.63, 3.8) is 0 Å². The van der Waals surface area contributed by atoms with Crippen molar-refractivity contribution < 1.29 is 9.15 Å². The molecule has 102 valence electrons. The molecule has 2 aromatic rings. The molecular formula is C15H16Br2O2. The van der Waals surface area contributed by atoms with Gasteiger partial charge in [0, 0.05) is 15.6 Å². The second kappa shape index (κ2) is 5.71. The van der Waals surface area contributed by atoms with E-state index in [0.29, 0.717) is 0 Å². The van der Waals surface area contributed by atoms with E-state index in [1.165, 1.54) is 0 Å². The molecule has 0 N–H and O–H groups in total. The molecule has 0 bridgehead atoms. The van der Waals surface area contributed by atoms with Crippen LogP contribution in [0.3, 0.4) is 0 Å². The average molecular weight is 388 g/mol. The number of furan rings is 1. The van der Waals surface area contributed by atoms with Gasteiger partial charge in [0.15, 0.2) is 0 Å². The summed E-state index contributed by atoms with van der Waals surface area (Å²) in [6.45, 7) is 5.98. The minimum atomic E-state index is 0.0526. The van der Waals surface area contributed by atoms with Crippen molar-refractivity contribution in [1.82, 2.24) is 0 Å². The first-order chi connectivity index (χ1) is 8.93. The molecule has 0 aliphatic carbocycles. The topological polar surface area (TPSA) is 22.4 Å². The van der Waals surface area contributed by atoms with E-state index in [0.717, 1.165) is 38.4 Å². The molecule has 0 fully saturated rings. The molecule has 1 atom stereocenters. The van der Waals surface area contributed by atoms with Crippen molar-refractivity contribution in [2.45, 2.75) is 25.6 Å². The highest BCUT2D eigenvalue weighted by Crippen LogP contribution is 2.41. The maximum Gasteiger partial charge on any atom is 0.123 e. The number of alkyl halides is 1. The molecule has 0 amide bonds. The summed E-state index contributed by atoms with van der Waals surface area (Å²) in [7, 11) is 1.69. The number of rotatable bonds is 3. The first-order valence-corrected chi connectivity index (χ1v) is 7.70. The minimum Gasteiger partial charge on any atom is -0.496 e. The summed E-state index contributed by atoms with van der Waals surface area (Å²) in [5.41, 5.74) is 3.37. The summed E-state index contributed by atoms with van der Waals surface area (Å²) in [4.78, 5) is 0.0526. The Morgan fingerprint density at radius 3 is 2.32 bits per heavy atom. The van der Waals surface area contributed by atoms with Crippen LogP contribution in [0.15, 0.2) is 27.1 Å². The van der Waals surface area contributed by atoms with Gasteiger partial charge in [0.25, 0.3) is 0 Å². The van der Waals surface area contributed by atoms with E-state index in [9.17, 15) is 0 Å². The Kier molecular flexibility index (Phi) is 4.41. The van der Waals surface area contributed by atoms with Crippen LogP contribution in [-0.2, 0) is 0 Å². The molecule has 0 aliphatic rings. The Balaban J connectivity index is 2.52. The van der Waals surface area contributed by atoms with Gasteiger partial charge in [-0.15, -0.1) is 0 Å². The van der Waals surface area contributed by atoms with Gasteiger partial charge >= 0.3 is 0 Å². The van der Waals surface area contributed by atoms with Gasteiger partial charge in [-0.1, -0.05) is 31.9 Å². The van der Waals surface area contributed by atoms with E-state index in [-0.39, 0.29) is 4.83 Å². The van der Waals surface area contributed by atoms with Gasteiger partial charge in [0.2, 0.25) is 0 Å². The van der Waals surface area contributed by atoms with Crippen molar-refractivity contribution in [3.8, 4) is 5.75 Å². The number of aryl methyl sites for hydroxylation is 3. The first-order valence-electron chi connectivity index (χ1n) is 5.99. The number of ether oxygens (including phenoxy) is 1. The summed E-state index contributed by atoms with van der Waals surface area (Å²) < 4.78 is 12.2. The van der Waals surface area contributed by atoms with Gasteiger partial charge in [-0.25, -0.2) is 0 Å². The van der Waals surface area contributed by atoms with Gasteiger partial charge < -0.3 is 9.15 Å². The monoisotopic (exact) mass is 386 g/mol. The SMILES string of the molecule is COc1cc(C)c(Br)cc1C(Br)c1cc(C)oc1C. The summed E-state index contributed by atoms with van der Waals surface area (Å²) in [6.07, 6.45) is 0. The molecule has 1 unspecified atom stereocenters. The maximum atomic E-state index is 5.60. The Morgan fingerprint density at radius 2 is 1.79 bits per heavy atom. The van der Waals surface area contributed by atoms with Crippen LogP contribution in [0.4, 0.5) is 0 Å². The van der Waals surface area contributed by atoms with Gasteiger partial charge in [0.1, 0.15) is 17.3 Å². The Hall–Kier alpha value is -0.740. The standard InChI is InChI=1S/C15H16Br2O2/c1-8-5-14(18-4)12(7-13(8)16)15(17)11-6-9(2)19-10(11)3/h5-7,15H,1-4H3. The van der Waals surface area contributed by atoms with Gasteiger partial charge in [-0.2, -0.15) is 0 Å². The normalized spacial score (nSPS) is 12.5. The van der Waals surface area contributed by atoms with Crippen LogP contribution in [-0.4, -0.2) is 7.11 Å². The predicted molar refractivity (Wildman–Crippen MR) is 84.4 cm³/mol. The first kappa shape index (κ1) is 14.7. The van der Waals surface area contributed by atoms with E-state index in [1.807, 2.05) is 26.8 Å². The van der Waals surface area contributed by atoms with Crippen molar-refractivity contribution in [3.05, 3.63) is 50.9 Å². The molecule has 0 saturated heterocycles. The highest BCUT2D eigenvalue weighted by atomic mass is 79.9. The van der Waals surface area contributed by atoms with E-state index in [1.54, 1.807) is 7.11 Å². The lowest BCUT2D eigenvalue weighted by Crippen LogP contribution is -1.98. The minimum absolute atomic E-state index is 0.0526. The molecule has 1 aromatic heterocycles. The molecule has 1 aromatic carbocycles. The number of halogens is 2. The second-order valence-electron chi connectivity index (χ2n) is 4.57. The zero-order valence-corrected chi connectivity index (χ0v) is 14.6. The third-order valence-corrected chi connectivity index (χ3v) is 4.98. The van der Waals surface area contributed by atoms with E-state index < -0.39 is 0 Å². The Bertz CT molecular complexity index is 602. The zero-order valence-electron chi connectivity index (χ0n) is 11.4. The van der Waals surface area contributed by atoms with E-state index >= 15 is 0 Å². The lowest BCUT2D eigenvalue weighted by Gasteiger charge is -2.15. The fourth-order valence-electron chi connectivity index (χ4n) is 2.11. The van der Waals surface area contributed by atoms with Crippen LogP contribution in [0.5, 0.6) is 5.75 Å². The van der Waals surface area contributed by atoms with Crippen LogP contribution >= 0.6 is 31.9 Å². The highest BCUT2D eigenvalue weighted by Gasteiger charge is 2.20. The second-order valence-corrected chi connectivity index (χ2v) is 6.34. The Labute approximate surface area is 130 Å². The fraction of sp³-hybridized carbons (Fsp3) is 0.333. The molecule has 0 aliphatic heterocycles. The average Bonchev–Trinajstić information content (AvgIpc) is 2.70. The van der Waals surface area contributed by atoms with Crippen LogP contribution in [0.25, 0.3) is 0 Å². The lowest BCUT2D eigenvalue weighted by molar-refractivity contribution is 0.410. The van der Waals surface area contributed by atoms with E-state index in [2.05, 4.69) is 44.0 Å². The quantitative estimate of drug-likeness (QED) is 0.652. The van der Waals surface area contributed by atoms with Gasteiger partial charge in [-0.05, 0) is 44.5 Å². The molecular weight excluding hydrogens is 372 g/mol. The zero-order chi connectivity index (χ0) is 14.2. The molecule has 0 radical (unpaired) electrons. The van der Waals surface area contributed by atoms with Crippen molar-refractivity contribution in [2.24, 2.45) is 0 Å². The predicted octanol–water partition coefficient (Wildman–Crippen LogP) is 5.46. The third kappa shape index (κ3) is 2.90. The molecule has 2 nitrogen and oxygen atoms in total. The van der Waals surface area contributed by atoms with Crippen molar-refractivity contribution >= 4 is 31.9 Å². The molecule has 4 heteroatoms. The molecule has 0 spiro atoms. The fourth-order valence-corrected chi connectivity index (χ4v) is 3.29. The smallest absolute Gasteiger partial charge is 0.123 e.